The standard InChI is InChI=1S/C50H59N3O11S2/c1-49(2)43(52(28-13-9-12-17-45(54)55)41-24-20-36-34-38(66(60,61)62)21-23-39(36)46(41)49)15-10-7-6-8-11-16-44-50(3,26-14-32-65(57,58)59)47-40-22-18-37(48(56)51-27-30-63-4)33-35(40)19-25-42(47)53(44)29-31-64-5/h6-8,10-11,15-16,18-25,33-34H,9,12-14,17,26-32H2,1-5H3,(H3-,51,54,55,56,57,58,59,60,61,62)/p+1. The van der Waals surface area contributed by atoms with Crippen molar-refractivity contribution in [3.8, 4) is 0 Å². The maximum Gasteiger partial charge on any atom is 0.303 e. The molecule has 6 rings (SSSR count). The van der Waals surface area contributed by atoms with Gasteiger partial charge in [0.1, 0.15) is 6.54 Å². The van der Waals surface area contributed by atoms with Gasteiger partial charge in [-0.2, -0.15) is 21.4 Å². The van der Waals surface area contributed by atoms with E-state index in [1.54, 1.807) is 26.4 Å². The average Bonchev–Trinajstić information content (AvgIpc) is 3.62. The van der Waals surface area contributed by atoms with E-state index >= 15 is 0 Å². The third-order valence-corrected chi connectivity index (χ3v) is 14.1. The largest absolute Gasteiger partial charge is 0.481 e. The number of benzene rings is 4. The van der Waals surface area contributed by atoms with Crippen molar-refractivity contribution in [2.45, 2.75) is 75.0 Å². The van der Waals surface area contributed by atoms with Gasteiger partial charge in [-0.05, 0) is 116 Å². The van der Waals surface area contributed by atoms with Gasteiger partial charge in [-0.1, -0.05) is 48.6 Å². The normalized spacial score (nSPS) is 17.9. The van der Waals surface area contributed by atoms with Crippen LogP contribution < -0.4 is 10.2 Å². The van der Waals surface area contributed by atoms with Gasteiger partial charge in [-0.25, -0.2) is 0 Å². The molecule has 16 heteroatoms. The molecule has 0 saturated carbocycles. The van der Waals surface area contributed by atoms with Crippen LogP contribution >= 0.6 is 0 Å². The van der Waals surface area contributed by atoms with E-state index in [1.807, 2.05) is 72.9 Å². The molecule has 0 fully saturated rings. The SMILES string of the molecule is COCCNC(=O)c1ccc2c3c(ccc2c1)N(CCOC)/C(=C/C=C/C=C/C=C/C1=[N+](CCCCCC(=O)O)c2ccc4cc(S(=O)(=O)O)ccc4c2C1(C)C)C3(C)CCCS(=O)(=O)O. The summed E-state index contributed by atoms with van der Waals surface area (Å²) in [5, 5.41) is 15.4. The number of nitrogens with one attached hydrogen (secondary N) is 1. The molecule has 4 aromatic rings. The van der Waals surface area contributed by atoms with E-state index < -0.39 is 37.0 Å². The first-order valence-electron chi connectivity index (χ1n) is 22.0. The zero-order chi connectivity index (χ0) is 47.9. The number of fused-ring (bicyclic) bond motifs is 6. The second-order valence-electron chi connectivity index (χ2n) is 17.4. The Bertz CT molecular complexity index is 2880. The van der Waals surface area contributed by atoms with E-state index in [2.05, 4.69) is 41.6 Å². The van der Waals surface area contributed by atoms with Gasteiger partial charge in [0.25, 0.3) is 26.1 Å². The topological polar surface area (TPSA) is 200 Å². The first-order chi connectivity index (χ1) is 31.3. The number of aliphatic carboxylic acids is 1. The van der Waals surface area contributed by atoms with E-state index in [-0.39, 0.29) is 29.4 Å². The van der Waals surface area contributed by atoms with E-state index in [0.717, 1.165) is 62.9 Å². The molecule has 14 nitrogen and oxygen atoms in total. The summed E-state index contributed by atoms with van der Waals surface area (Å²) in [4.78, 5) is 26.1. The number of rotatable bonds is 22. The van der Waals surface area contributed by atoms with Gasteiger partial charge < -0.3 is 24.8 Å². The summed E-state index contributed by atoms with van der Waals surface area (Å²) in [5.74, 6) is -1.43. The molecule has 4 N–H and O–H groups in total. The van der Waals surface area contributed by atoms with E-state index in [0.29, 0.717) is 56.6 Å². The molecular weight excluding hydrogens is 883 g/mol. The molecule has 0 saturated heterocycles. The summed E-state index contributed by atoms with van der Waals surface area (Å²) in [6, 6.07) is 18.0. The maximum atomic E-state index is 13.0. The minimum atomic E-state index is -4.39. The molecule has 1 atom stereocenters. The molecule has 4 aromatic carbocycles. The minimum absolute atomic E-state index is 0.106. The van der Waals surface area contributed by atoms with Gasteiger partial charge in [-0.3, -0.25) is 18.7 Å². The van der Waals surface area contributed by atoms with Crippen molar-refractivity contribution in [1.29, 1.82) is 0 Å². The average molecular weight is 943 g/mol. The van der Waals surface area contributed by atoms with Crippen molar-refractivity contribution in [3.05, 3.63) is 126 Å². The van der Waals surface area contributed by atoms with Gasteiger partial charge >= 0.3 is 5.97 Å². The van der Waals surface area contributed by atoms with Crippen molar-refractivity contribution in [1.82, 2.24) is 5.32 Å². The smallest absolute Gasteiger partial charge is 0.303 e. The van der Waals surface area contributed by atoms with E-state index in [9.17, 15) is 35.5 Å². The summed E-state index contributed by atoms with van der Waals surface area (Å²) in [5.41, 5.74) is 5.18. The molecule has 2 heterocycles. The lowest BCUT2D eigenvalue weighted by Crippen LogP contribution is -2.31. The monoisotopic (exact) mass is 942 g/mol. The molecule has 0 radical (unpaired) electrons. The highest BCUT2D eigenvalue weighted by Crippen LogP contribution is 2.53. The molecule has 2 aliphatic rings. The number of carbonyl (C=O) groups excluding carboxylic acids is 1. The second-order valence-corrected chi connectivity index (χ2v) is 20.4. The van der Waals surface area contributed by atoms with Gasteiger partial charge in [0.15, 0.2) is 5.71 Å². The highest BCUT2D eigenvalue weighted by molar-refractivity contribution is 7.86. The van der Waals surface area contributed by atoms with Crippen LogP contribution in [0.2, 0.25) is 0 Å². The Balaban J connectivity index is 1.32. The summed E-state index contributed by atoms with van der Waals surface area (Å²) < 4.78 is 80.1. The molecule has 352 valence electrons. The van der Waals surface area contributed by atoms with Gasteiger partial charge in [0.2, 0.25) is 5.69 Å². The lowest BCUT2D eigenvalue weighted by molar-refractivity contribution is -0.438. The molecule has 0 aromatic heterocycles. The number of amides is 1. The summed E-state index contributed by atoms with van der Waals surface area (Å²) >= 11 is 0. The molecule has 66 heavy (non-hydrogen) atoms. The Kier molecular flexibility index (Phi) is 15.9. The molecule has 1 amide bonds. The Labute approximate surface area is 387 Å². The first-order valence-corrected chi connectivity index (χ1v) is 25.1. The van der Waals surface area contributed by atoms with Crippen LogP contribution in [0.15, 0.2) is 114 Å². The number of hydrogen-bond donors (Lipinski definition) is 4. The number of nitrogens with zero attached hydrogens (tertiary/aromatic N) is 2. The van der Waals surface area contributed by atoms with Crippen molar-refractivity contribution in [2.75, 3.05) is 57.7 Å². The summed E-state index contributed by atoms with van der Waals surface area (Å²) in [7, 11) is -5.39. The third-order valence-electron chi connectivity index (χ3n) is 12.5. The van der Waals surface area contributed by atoms with Crippen LogP contribution in [-0.4, -0.2) is 106 Å². The number of carbonyl (C=O) groups is 2. The fourth-order valence-electron chi connectivity index (χ4n) is 9.43. The van der Waals surface area contributed by atoms with Crippen LogP contribution in [0.25, 0.3) is 21.5 Å². The van der Waals surface area contributed by atoms with Crippen LogP contribution in [-0.2, 0) is 45.3 Å². The molecule has 0 aliphatic carbocycles. The highest BCUT2D eigenvalue weighted by Gasteiger charge is 2.46. The number of allylic oxidation sites excluding steroid dienone is 8. The van der Waals surface area contributed by atoms with Crippen molar-refractivity contribution >= 4 is 70.7 Å². The van der Waals surface area contributed by atoms with Crippen LogP contribution in [0.4, 0.5) is 11.4 Å². The van der Waals surface area contributed by atoms with Crippen molar-refractivity contribution in [2.24, 2.45) is 0 Å². The second kappa shape index (κ2) is 21.0. The lowest BCUT2D eigenvalue weighted by Gasteiger charge is -2.30. The molecular formula is C50H60N3O11S2+. The molecule has 0 bridgehead atoms. The van der Waals surface area contributed by atoms with Crippen molar-refractivity contribution < 1.29 is 54.7 Å². The van der Waals surface area contributed by atoms with Gasteiger partial charge in [-0.15, -0.1) is 0 Å². The molecule has 1 unspecified atom stereocenters. The van der Waals surface area contributed by atoms with Crippen molar-refractivity contribution in [3.63, 3.8) is 0 Å². The van der Waals surface area contributed by atoms with Crippen LogP contribution in [0, 0.1) is 0 Å². The number of ether oxygens (including phenoxy) is 2. The van der Waals surface area contributed by atoms with Crippen LogP contribution in [0.3, 0.4) is 0 Å². The van der Waals surface area contributed by atoms with Gasteiger partial charge in [0, 0.05) is 80.2 Å². The number of carboxylic acid groups (broad SMARTS) is 1. The Morgan fingerprint density at radius 3 is 2.18 bits per heavy atom. The number of anilines is 1. The molecule has 0 spiro atoms. The number of carboxylic acids is 1. The van der Waals surface area contributed by atoms with E-state index in [4.69, 9.17) is 14.6 Å². The number of methoxy groups -OCH3 is 2. The van der Waals surface area contributed by atoms with E-state index in [1.165, 1.54) is 12.1 Å². The predicted octanol–water partition coefficient (Wildman–Crippen LogP) is 8.28. The van der Waals surface area contributed by atoms with Crippen LogP contribution in [0.1, 0.15) is 80.8 Å². The Hall–Kier alpha value is -5.49. The fourth-order valence-corrected chi connectivity index (χ4v) is 10.5. The maximum absolute atomic E-state index is 13.0. The Morgan fingerprint density at radius 2 is 1.47 bits per heavy atom. The Morgan fingerprint density at radius 1 is 0.788 bits per heavy atom. The predicted molar refractivity (Wildman–Crippen MR) is 259 cm³/mol. The lowest BCUT2D eigenvalue weighted by atomic mass is 9.75. The zero-order valence-corrected chi connectivity index (χ0v) is 39.8. The number of unbranched alkanes of at least 4 members (excludes halogenated alkanes) is 2. The third kappa shape index (κ3) is 11.2. The molecule has 2 aliphatic heterocycles. The van der Waals surface area contributed by atoms with Gasteiger partial charge in [0.05, 0.1) is 29.3 Å². The quantitative estimate of drug-likeness (QED) is 0.0255. The minimum Gasteiger partial charge on any atom is -0.481 e. The summed E-state index contributed by atoms with van der Waals surface area (Å²) in [6.45, 7) is 8.67. The fraction of sp³-hybridized carbons (Fsp3) is 0.380. The highest BCUT2D eigenvalue weighted by atomic mass is 32.2. The van der Waals surface area contributed by atoms with Crippen LogP contribution in [0.5, 0.6) is 0 Å². The zero-order valence-electron chi connectivity index (χ0n) is 38.1. The number of hydrogen-bond acceptors (Lipinski definition) is 9. The first kappa shape index (κ1) is 49.9. The summed E-state index contributed by atoms with van der Waals surface area (Å²) in [6.07, 6.45) is 16.5.